The molecule has 0 spiro atoms. The molecule has 20 heavy (non-hydrogen) atoms. The highest BCUT2D eigenvalue weighted by molar-refractivity contribution is 5.88. The normalized spacial score (nSPS) is 18.6. The van der Waals surface area contributed by atoms with Crippen LogP contribution in [0.1, 0.15) is 37.0 Å². The topological polar surface area (TPSA) is 96.6 Å². The van der Waals surface area contributed by atoms with Crippen LogP contribution in [0.25, 0.3) is 0 Å². The van der Waals surface area contributed by atoms with E-state index in [2.05, 4.69) is 18.8 Å². The summed E-state index contributed by atoms with van der Waals surface area (Å²) >= 11 is 0. The number of carboxylic acid groups (broad SMARTS) is 1. The standard InChI is InChI=1S/C13H17N3O4/c1-8(2)10-4-3-5-15(10)12-11(16(19)20)6-9(7-14-12)13(17)18/h6-8,10H,3-5H2,1-2H3,(H,17,18). The van der Waals surface area contributed by atoms with E-state index >= 15 is 0 Å². The second kappa shape index (κ2) is 5.44. The lowest BCUT2D eigenvalue weighted by molar-refractivity contribution is -0.384. The second-order valence-corrected chi connectivity index (χ2v) is 5.28. The first-order valence-corrected chi connectivity index (χ1v) is 6.56. The summed E-state index contributed by atoms with van der Waals surface area (Å²) in [5.41, 5.74) is -0.404. The zero-order valence-corrected chi connectivity index (χ0v) is 11.4. The van der Waals surface area contributed by atoms with Gasteiger partial charge in [-0.3, -0.25) is 10.1 Å². The number of nitrogens with zero attached hydrogens (tertiary/aromatic N) is 3. The molecule has 0 aliphatic carbocycles. The number of hydrogen-bond acceptors (Lipinski definition) is 5. The fourth-order valence-corrected chi connectivity index (χ4v) is 2.67. The third-order valence-electron chi connectivity index (χ3n) is 3.63. The van der Waals surface area contributed by atoms with Gasteiger partial charge >= 0.3 is 11.7 Å². The molecule has 0 saturated carbocycles. The number of aromatic nitrogens is 1. The summed E-state index contributed by atoms with van der Waals surface area (Å²) in [7, 11) is 0. The molecule has 1 N–H and O–H groups in total. The van der Waals surface area contributed by atoms with Gasteiger partial charge in [0.25, 0.3) is 0 Å². The third-order valence-corrected chi connectivity index (χ3v) is 3.63. The lowest BCUT2D eigenvalue weighted by atomic mass is 10.0. The van der Waals surface area contributed by atoms with Gasteiger partial charge in [-0.25, -0.2) is 9.78 Å². The zero-order chi connectivity index (χ0) is 14.9. The van der Waals surface area contributed by atoms with E-state index in [0.29, 0.717) is 12.5 Å². The van der Waals surface area contributed by atoms with Crippen LogP contribution < -0.4 is 4.90 Å². The number of nitro groups is 1. The number of pyridine rings is 1. The van der Waals surface area contributed by atoms with Crippen molar-refractivity contribution in [2.75, 3.05) is 11.4 Å². The molecule has 0 amide bonds. The van der Waals surface area contributed by atoms with Crippen LogP contribution >= 0.6 is 0 Å². The van der Waals surface area contributed by atoms with E-state index in [-0.39, 0.29) is 23.1 Å². The van der Waals surface area contributed by atoms with Crippen molar-refractivity contribution in [3.63, 3.8) is 0 Å². The van der Waals surface area contributed by atoms with Gasteiger partial charge in [0.15, 0.2) is 0 Å². The Morgan fingerprint density at radius 1 is 1.60 bits per heavy atom. The molecule has 1 aliphatic heterocycles. The Labute approximate surface area is 116 Å². The minimum Gasteiger partial charge on any atom is -0.478 e. The quantitative estimate of drug-likeness (QED) is 0.671. The van der Waals surface area contributed by atoms with E-state index in [1.54, 1.807) is 0 Å². The second-order valence-electron chi connectivity index (χ2n) is 5.28. The maximum absolute atomic E-state index is 11.2. The minimum atomic E-state index is -1.21. The highest BCUT2D eigenvalue weighted by atomic mass is 16.6. The van der Waals surface area contributed by atoms with Crippen molar-refractivity contribution in [3.05, 3.63) is 27.9 Å². The van der Waals surface area contributed by atoms with Gasteiger partial charge in [0, 0.05) is 24.8 Å². The van der Waals surface area contributed by atoms with E-state index in [0.717, 1.165) is 18.9 Å². The van der Waals surface area contributed by atoms with Gasteiger partial charge < -0.3 is 10.0 Å². The molecule has 2 heterocycles. The Morgan fingerprint density at radius 2 is 2.30 bits per heavy atom. The third kappa shape index (κ3) is 2.56. The van der Waals surface area contributed by atoms with Crippen LogP contribution in [0.5, 0.6) is 0 Å². The predicted molar refractivity (Wildman–Crippen MR) is 73.1 cm³/mol. The van der Waals surface area contributed by atoms with Gasteiger partial charge in [0.05, 0.1) is 10.5 Å². The zero-order valence-electron chi connectivity index (χ0n) is 11.4. The molecule has 1 aromatic heterocycles. The van der Waals surface area contributed by atoms with Crippen molar-refractivity contribution in [1.29, 1.82) is 0 Å². The minimum absolute atomic E-state index is 0.166. The molecule has 1 unspecified atom stereocenters. The largest absolute Gasteiger partial charge is 0.478 e. The molecule has 7 nitrogen and oxygen atoms in total. The maximum atomic E-state index is 11.2. The number of hydrogen-bond donors (Lipinski definition) is 1. The molecular formula is C13H17N3O4. The van der Waals surface area contributed by atoms with E-state index in [1.165, 1.54) is 6.20 Å². The first-order chi connectivity index (χ1) is 9.41. The van der Waals surface area contributed by atoms with Gasteiger partial charge in [0.1, 0.15) is 0 Å². The highest BCUT2D eigenvalue weighted by Crippen LogP contribution is 2.34. The molecule has 7 heteroatoms. The number of anilines is 1. The van der Waals surface area contributed by atoms with Crippen LogP contribution in [0.15, 0.2) is 12.3 Å². The molecule has 0 bridgehead atoms. The van der Waals surface area contributed by atoms with Gasteiger partial charge in [-0.15, -0.1) is 0 Å². The van der Waals surface area contributed by atoms with Crippen molar-refractivity contribution in [2.45, 2.75) is 32.7 Å². The Kier molecular flexibility index (Phi) is 3.87. The van der Waals surface area contributed by atoms with Crippen LogP contribution in [0.4, 0.5) is 11.5 Å². The Hall–Kier alpha value is -2.18. The van der Waals surface area contributed by atoms with E-state index in [9.17, 15) is 14.9 Å². The molecule has 0 radical (unpaired) electrons. The van der Waals surface area contributed by atoms with Crippen LogP contribution in [-0.4, -0.2) is 33.6 Å². The van der Waals surface area contributed by atoms with Gasteiger partial charge in [-0.2, -0.15) is 0 Å². The summed E-state index contributed by atoms with van der Waals surface area (Å²) in [6.07, 6.45) is 3.11. The van der Waals surface area contributed by atoms with E-state index < -0.39 is 10.9 Å². The molecular weight excluding hydrogens is 262 g/mol. The lowest BCUT2D eigenvalue weighted by Gasteiger charge is -2.28. The van der Waals surface area contributed by atoms with Crippen molar-refractivity contribution < 1.29 is 14.8 Å². The number of rotatable bonds is 4. The van der Waals surface area contributed by atoms with Crippen LogP contribution in [0, 0.1) is 16.0 Å². The van der Waals surface area contributed by atoms with Gasteiger partial charge in [-0.1, -0.05) is 13.8 Å². The summed E-state index contributed by atoms with van der Waals surface area (Å²) in [6.45, 7) is 4.85. The Balaban J connectivity index is 2.45. The van der Waals surface area contributed by atoms with Crippen molar-refractivity contribution in [1.82, 2.24) is 4.98 Å². The fourth-order valence-electron chi connectivity index (χ4n) is 2.67. The van der Waals surface area contributed by atoms with E-state index in [1.807, 2.05) is 4.90 Å². The highest BCUT2D eigenvalue weighted by Gasteiger charge is 2.33. The number of carboxylic acids is 1. The summed E-state index contributed by atoms with van der Waals surface area (Å²) in [4.78, 5) is 27.5. The van der Waals surface area contributed by atoms with Gasteiger partial charge in [0.2, 0.25) is 5.82 Å². The van der Waals surface area contributed by atoms with Crippen molar-refractivity contribution in [3.8, 4) is 0 Å². The fraction of sp³-hybridized carbons (Fsp3) is 0.538. The maximum Gasteiger partial charge on any atom is 0.337 e. The smallest absolute Gasteiger partial charge is 0.337 e. The average Bonchev–Trinajstić information content (AvgIpc) is 2.86. The van der Waals surface area contributed by atoms with E-state index in [4.69, 9.17) is 5.11 Å². The summed E-state index contributed by atoms with van der Waals surface area (Å²) in [6, 6.07) is 1.29. The average molecular weight is 279 g/mol. The monoisotopic (exact) mass is 279 g/mol. The molecule has 1 fully saturated rings. The molecule has 1 aliphatic rings. The predicted octanol–water partition coefficient (Wildman–Crippen LogP) is 2.31. The van der Waals surface area contributed by atoms with Crippen LogP contribution in [-0.2, 0) is 0 Å². The summed E-state index contributed by atoms with van der Waals surface area (Å²) < 4.78 is 0. The van der Waals surface area contributed by atoms with Gasteiger partial charge in [-0.05, 0) is 18.8 Å². The molecule has 1 aromatic rings. The Morgan fingerprint density at radius 3 is 2.85 bits per heavy atom. The number of aromatic carboxylic acids is 1. The molecule has 0 aromatic carbocycles. The van der Waals surface area contributed by atoms with Crippen molar-refractivity contribution >= 4 is 17.5 Å². The SMILES string of the molecule is CC(C)C1CCCN1c1ncc(C(=O)O)cc1[N+](=O)[O-]. The Bertz CT molecular complexity index is 544. The first-order valence-electron chi connectivity index (χ1n) is 6.56. The molecule has 2 rings (SSSR count). The summed E-state index contributed by atoms with van der Waals surface area (Å²) in [5, 5.41) is 20.1. The summed E-state index contributed by atoms with van der Waals surface area (Å²) in [5.74, 6) is -0.580. The molecule has 1 saturated heterocycles. The first kappa shape index (κ1) is 14.2. The number of carbonyl (C=O) groups is 1. The lowest BCUT2D eigenvalue weighted by Crippen LogP contribution is -2.34. The van der Waals surface area contributed by atoms with Crippen LogP contribution in [0.2, 0.25) is 0 Å². The molecule has 108 valence electrons. The van der Waals surface area contributed by atoms with Crippen molar-refractivity contribution in [2.24, 2.45) is 5.92 Å². The molecule has 1 atom stereocenters. The van der Waals surface area contributed by atoms with Crippen LogP contribution in [0.3, 0.4) is 0 Å².